The number of nitrogens with zero attached hydrogens (tertiary/aromatic N) is 1. The quantitative estimate of drug-likeness (QED) is 0.832. The van der Waals surface area contributed by atoms with E-state index in [9.17, 15) is 9.59 Å². The summed E-state index contributed by atoms with van der Waals surface area (Å²) in [7, 11) is 0. The minimum Gasteiger partial charge on any atom is -0.370 e. The van der Waals surface area contributed by atoms with Gasteiger partial charge in [-0.3, -0.25) is 9.59 Å². The predicted molar refractivity (Wildman–Crippen MR) is 90.1 cm³/mol. The van der Waals surface area contributed by atoms with Crippen LogP contribution >= 0.6 is 12.4 Å². The molecule has 22 heavy (non-hydrogen) atoms. The standard InChI is InChI=1S/C16H23N3O2.ClH/c1-11-4-3-5-14(8-11)19(7-6-15(17)20)16(21)12(2)13-9-18-10-13;/h3-5,8,12-13,18H,6-7,9-10H2,1-2H3,(H2,17,20);1H. The lowest BCUT2D eigenvalue weighted by atomic mass is 9.87. The molecule has 5 nitrogen and oxygen atoms in total. The molecule has 1 aromatic rings. The van der Waals surface area contributed by atoms with Crippen LogP contribution in [0.15, 0.2) is 24.3 Å². The molecular formula is C16H24ClN3O2. The topological polar surface area (TPSA) is 75.4 Å². The Morgan fingerprint density at radius 2 is 2.09 bits per heavy atom. The number of nitrogens with two attached hydrogens (primary N) is 1. The zero-order chi connectivity index (χ0) is 15.4. The second kappa shape index (κ2) is 8.15. The largest absolute Gasteiger partial charge is 0.370 e. The molecule has 0 aliphatic carbocycles. The number of rotatable bonds is 6. The Kier molecular flexibility index (Phi) is 6.84. The van der Waals surface area contributed by atoms with E-state index in [2.05, 4.69) is 5.32 Å². The Labute approximate surface area is 137 Å². The molecule has 1 saturated heterocycles. The molecule has 2 rings (SSSR count). The van der Waals surface area contributed by atoms with Crippen molar-refractivity contribution >= 4 is 29.9 Å². The summed E-state index contributed by atoms with van der Waals surface area (Å²) in [5.41, 5.74) is 7.15. The van der Waals surface area contributed by atoms with E-state index in [1.54, 1.807) is 4.90 Å². The van der Waals surface area contributed by atoms with Gasteiger partial charge in [-0.25, -0.2) is 0 Å². The van der Waals surface area contributed by atoms with Crippen molar-refractivity contribution in [3.8, 4) is 0 Å². The van der Waals surface area contributed by atoms with E-state index in [0.29, 0.717) is 12.5 Å². The predicted octanol–water partition coefficient (Wildman–Crippen LogP) is 1.48. The highest BCUT2D eigenvalue weighted by Crippen LogP contribution is 2.23. The third kappa shape index (κ3) is 4.45. The Balaban J connectivity index is 0.00000242. The van der Waals surface area contributed by atoms with Gasteiger partial charge in [-0.05, 0) is 43.6 Å². The van der Waals surface area contributed by atoms with Gasteiger partial charge in [0, 0.05) is 24.6 Å². The van der Waals surface area contributed by atoms with Gasteiger partial charge in [0.25, 0.3) is 0 Å². The van der Waals surface area contributed by atoms with Crippen molar-refractivity contribution in [1.82, 2.24) is 5.32 Å². The zero-order valence-corrected chi connectivity index (χ0v) is 13.9. The Morgan fingerprint density at radius 1 is 1.41 bits per heavy atom. The molecule has 1 unspecified atom stereocenters. The molecule has 2 amide bonds. The van der Waals surface area contributed by atoms with Crippen LogP contribution in [0.5, 0.6) is 0 Å². The molecule has 3 N–H and O–H groups in total. The summed E-state index contributed by atoms with van der Waals surface area (Å²) in [6.45, 7) is 6.04. The van der Waals surface area contributed by atoms with Crippen LogP contribution in [0.3, 0.4) is 0 Å². The third-order valence-electron chi connectivity index (χ3n) is 4.07. The monoisotopic (exact) mass is 325 g/mol. The van der Waals surface area contributed by atoms with Gasteiger partial charge in [-0.1, -0.05) is 19.1 Å². The second-order valence-corrected chi connectivity index (χ2v) is 5.75. The smallest absolute Gasteiger partial charge is 0.230 e. The van der Waals surface area contributed by atoms with E-state index in [1.807, 2.05) is 38.1 Å². The molecule has 0 spiro atoms. The van der Waals surface area contributed by atoms with Gasteiger partial charge >= 0.3 is 0 Å². The van der Waals surface area contributed by atoms with Gasteiger partial charge in [0.05, 0.1) is 0 Å². The first-order valence-electron chi connectivity index (χ1n) is 7.36. The van der Waals surface area contributed by atoms with Gasteiger partial charge in [0.15, 0.2) is 0 Å². The SMILES string of the molecule is Cc1cccc(N(CCC(N)=O)C(=O)C(C)C2CNC2)c1.Cl. The Morgan fingerprint density at radius 3 is 2.59 bits per heavy atom. The lowest BCUT2D eigenvalue weighted by molar-refractivity contribution is -0.124. The van der Waals surface area contributed by atoms with Crippen molar-refractivity contribution in [2.24, 2.45) is 17.6 Å². The number of hydrogen-bond donors (Lipinski definition) is 2. The molecule has 1 fully saturated rings. The number of carbonyl (C=O) groups excluding carboxylic acids is 2. The molecular weight excluding hydrogens is 302 g/mol. The summed E-state index contributed by atoms with van der Waals surface area (Å²) in [5, 5.41) is 3.19. The number of amides is 2. The van der Waals surface area contributed by atoms with E-state index in [0.717, 1.165) is 24.3 Å². The number of carbonyl (C=O) groups is 2. The summed E-state index contributed by atoms with van der Waals surface area (Å²) < 4.78 is 0. The molecule has 0 aromatic heterocycles. The fourth-order valence-corrected chi connectivity index (χ4v) is 2.50. The van der Waals surface area contributed by atoms with Crippen molar-refractivity contribution in [2.45, 2.75) is 20.3 Å². The van der Waals surface area contributed by atoms with Crippen LogP contribution in [0.4, 0.5) is 5.69 Å². The maximum atomic E-state index is 12.7. The summed E-state index contributed by atoms with van der Waals surface area (Å²) >= 11 is 0. The van der Waals surface area contributed by atoms with Crippen LogP contribution in [0.2, 0.25) is 0 Å². The molecule has 1 atom stereocenters. The minimum atomic E-state index is -0.390. The second-order valence-electron chi connectivity index (χ2n) is 5.75. The molecule has 1 aromatic carbocycles. The van der Waals surface area contributed by atoms with E-state index >= 15 is 0 Å². The normalized spacial score (nSPS) is 15.4. The van der Waals surface area contributed by atoms with Crippen molar-refractivity contribution in [2.75, 3.05) is 24.5 Å². The molecule has 1 aliphatic rings. The van der Waals surface area contributed by atoms with Crippen LogP contribution in [-0.2, 0) is 9.59 Å². The fourth-order valence-electron chi connectivity index (χ4n) is 2.50. The van der Waals surface area contributed by atoms with Gasteiger partial charge in [0.2, 0.25) is 11.8 Å². The van der Waals surface area contributed by atoms with E-state index in [1.165, 1.54) is 0 Å². The number of halogens is 1. The van der Waals surface area contributed by atoms with Crippen molar-refractivity contribution in [3.05, 3.63) is 29.8 Å². The van der Waals surface area contributed by atoms with Crippen molar-refractivity contribution in [3.63, 3.8) is 0 Å². The molecule has 122 valence electrons. The minimum absolute atomic E-state index is 0. The Bertz CT molecular complexity index is 532. The summed E-state index contributed by atoms with van der Waals surface area (Å²) in [5.74, 6) is -0.00945. The van der Waals surface area contributed by atoms with Crippen LogP contribution in [0, 0.1) is 18.8 Å². The molecule has 6 heteroatoms. The summed E-state index contributed by atoms with van der Waals surface area (Å²) in [6.07, 6.45) is 0.176. The number of anilines is 1. The number of nitrogens with one attached hydrogen (secondary N) is 1. The molecule has 1 heterocycles. The van der Waals surface area contributed by atoms with Crippen LogP contribution in [0.25, 0.3) is 0 Å². The average molecular weight is 326 g/mol. The lowest BCUT2D eigenvalue weighted by Crippen LogP contribution is -2.51. The van der Waals surface area contributed by atoms with Gasteiger partial charge in [-0.2, -0.15) is 0 Å². The van der Waals surface area contributed by atoms with E-state index in [4.69, 9.17) is 5.73 Å². The van der Waals surface area contributed by atoms with Gasteiger partial charge < -0.3 is 16.0 Å². The van der Waals surface area contributed by atoms with E-state index < -0.39 is 5.91 Å². The lowest BCUT2D eigenvalue weighted by Gasteiger charge is -2.35. The van der Waals surface area contributed by atoms with Gasteiger partial charge in [0.1, 0.15) is 0 Å². The van der Waals surface area contributed by atoms with Crippen LogP contribution in [-0.4, -0.2) is 31.4 Å². The van der Waals surface area contributed by atoms with Gasteiger partial charge in [-0.15, -0.1) is 12.4 Å². The number of benzene rings is 1. The van der Waals surface area contributed by atoms with Crippen molar-refractivity contribution in [1.29, 1.82) is 0 Å². The Hall–Kier alpha value is -1.59. The fraction of sp³-hybridized carbons (Fsp3) is 0.500. The highest BCUT2D eigenvalue weighted by Gasteiger charge is 2.32. The zero-order valence-electron chi connectivity index (χ0n) is 13.0. The number of primary amides is 1. The number of aryl methyl sites for hydroxylation is 1. The number of hydrogen-bond acceptors (Lipinski definition) is 3. The van der Waals surface area contributed by atoms with Crippen LogP contribution in [0.1, 0.15) is 18.9 Å². The molecule has 0 bridgehead atoms. The average Bonchev–Trinajstić information content (AvgIpc) is 2.36. The maximum absolute atomic E-state index is 12.7. The highest BCUT2D eigenvalue weighted by atomic mass is 35.5. The molecule has 0 radical (unpaired) electrons. The first kappa shape index (κ1) is 18.5. The third-order valence-corrected chi connectivity index (χ3v) is 4.07. The van der Waals surface area contributed by atoms with E-state index in [-0.39, 0.29) is 30.7 Å². The first-order chi connectivity index (χ1) is 9.99. The highest BCUT2D eigenvalue weighted by molar-refractivity contribution is 5.95. The first-order valence-corrected chi connectivity index (χ1v) is 7.36. The van der Waals surface area contributed by atoms with Crippen LogP contribution < -0.4 is 16.0 Å². The van der Waals surface area contributed by atoms with Crippen molar-refractivity contribution < 1.29 is 9.59 Å². The maximum Gasteiger partial charge on any atom is 0.230 e. The summed E-state index contributed by atoms with van der Waals surface area (Å²) in [4.78, 5) is 25.5. The summed E-state index contributed by atoms with van der Waals surface area (Å²) in [6, 6.07) is 7.77. The molecule has 0 saturated carbocycles. The molecule has 1 aliphatic heterocycles.